The Morgan fingerprint density at radius 1 is 0.642 bits per heavy atom. The highest BCUT2D eigenvalue weighted by atomic mass is 35.5. The lowest BCUT2D eigenvalue weighted by atomic mass is 10.0. The second kappa shape index (κ2) is 22.5. The zero-order valence-corrected chi connectivity index (χ0v) is 41.8. The number of halogens is 3. The van der Waals surface area contributed by atoms with E-state index >= 15 is 0 Å². The van der Waals surface area contributed by atoms with E-state index in [1.807, 2.05) is 57.2 Å². The first-order valence-electron chi connectivity index (χ1n) is 21.4. The third-order valence-corrected chi connectivity index (χ3v) is 13.3. The SMILES string of the molecule is CC(C)(C)N(C[C@H]1CN(c2ccc(N3CCOCC3=O)cc2)C(=O)O1)C(=O)c1ccc(Cl)s1.CC(C)(C)NC[C@H]1CN(c2ccc(N3CCOCC3=O)cc2)C(=O)O1.O=C(Cl)c1ccc(Cl)s1. The van der Waals surface area contributed by atoms with E-state index in [1.165, 1.54) is 22.7 Å². The van der Waals surface area contributed by atoms with E-state index < -0.39 is 23.0 Å². The van der Waals surface area contributed by atoms with E-state index in [4.69, 9.17) is 53.8 Å². The smallest absolute Gasteiger partial charge is 0.414 e. The average molecular weight is 1020 g/mol. The summed E-state index contributed by atoms with van der Waals surface area (Å²) in [6.45, 7) is 16.0. The third-order valence-electron chi connectivity index (χ3n) is 10.5. The number of rotatable bonds is 10. The van der Waals surface area contributed by atoms with E-state index in [1.54, 1.807) is 60.9 Å². The maximum absolute atomic E-state index is 13.1. The Bertz CT molecular complexity index is 2400. The predicted octanol–water partition coefficient (Wildman–Crippen LogP) is 8.57. The normalized spacial score (nSPS) is 18.8. The van der Waals surface area contributed by atoms with Crippen LogP contribution in [0.3, 0.4) is 0 Å². The van der Waals surface area contributed by atoms with Crippen LogP contribution in [0.15, 0.2) is 72.8 Å². The number of ether oxygens (including phenoxy) is 4. The zero-order chi connectivity index (χ0) is 48.6. The van der Waals surface area contributed by atoms with Crippen molar-refractivity contribution >= 4 is 115 Å². The lowest BCUT2D eigenvalue weighted by Gasteiger charge is -2.36. The molecule has 6 heterocycles. The molecule has 0 saturated carbocycles. The van der Waals surface area contributed by atoms with Crippen LogP contribution in [-0.4, -0.2) is 129 Å². The summed E-state index contributed by atoms with van der Waals surface area (Å²) >= 11 is 19.1. The molecule has 4 saturated heterocycles. The van der Waals surface area contributed by atoms with Gasteiger partial charge < -0.3 is 39.0 Å². The maximum Gasteiger partial charge on any atom is 0.414 e. The molecule has 67 heavy (non-hydrogen) atoms. The number of benzene rings is 2. The Morgan fingerprint density at radius 2 is 1.06 bits per heavy atom. The van der Waals surface area contributed by atoms with Crippen molar-refractivity contribution in [2.75, 3.05) is 85.3 Å². The van der Waals surface area contributed by atoms with Crippen molar-refractivity contribution in [2.24, 2.45) is 0 Å². The molecular formula is C46H53Cl3N6O10S2. The largest absolute Gasteiger partial charge is 0.443 e. The van der Waals surface area contributed by atoms with Crippen LogP contribution in [0.4, 0.5) is 32.3 Å². The fourth-order valence-electron chi connectivity index (χ4n) is 7.14. The minimum atomic E-state index is -0.475. The van der Waals surface area contributed by atoms with E-state index in [2.05, 4.69) is 26.1 Å². The summed E-state index contributed by atoms with van der Waals surface area (Å²) in [6.07, 6.45) is -1.45. The van der Waals surface area contributed by atoms with Crippen LogP contribution in [-0.2, 0) is 28.5 Å². The highest BCUT2D eigenvalue weighted by Gasteiger charge is 2.38. The van der Waals surface area contributed by atoms with Gasteiger partial charge in [0.15, 0.2) is 0 Å². The third kappa shape index (κ3) is 14.1. The lowest BCUT2D eigenvalue weighted by molar-refractivity contribution is -0.126. The van der Waals surface area contributed by atoms with Crippen LogP contribution in [0.1, 0.15) is 60.9 Å². The first-order valence-corrected chi connectivity index (χ1v) is 24.1. The highest BCUT2D eigenvalue weighted by Crippen LogP contribution is 2.30. The second-order valence-corrected chi connectivity index (χ2v) is 21.4. The van der Waals surface area contributed by atoms with Gasteiger partial charge in [0.25, 0.3) is 23.0 Å². The minimum absolute atomic E-state index is 0.0217. The summed E-state index contributed by atoms with van der Waals surface area (Å²) < 4.78 is 22.5. The Labute approximate surface area is 412 Å². The van der Waals surface area contributed by atoms with Gasteiger partial charge in [-0.25, -0.2) is 9.59 Å². The summed E-state index contributed by atoms with van der Waals surface area (Å²) in [5, 5.41) is 2.90. The Hall–Kier alpha value is -4.79. The van der Waals surface area contributed by atoms with Crippen LogP contribution in [0, 0.1) is 0 Å². The van der Waals surface area contributed by atoms with Gasteiger partial charge in [0, 0.05) is 53.5 Å². The van der Waals surface area contributed by atoms with Crippen LogP contribution in [0.5, 0.6) is 0 Å². The quantitative estimate of drug-likeness (QED) is 0.151. The fraction of sp³-hybridized carbons (Fsp3) is 0.435. The Kier molecular flexibility index (Phi) is 17.4. The predicted molar refractivity (Wildman–Crippen MR) is 262 cm³/mol. The van der Waals surface area contributed by atoms with Crippen LogP contribution >= 0.6 is 57.5 Å². The number of carbonyl (C=O) groups excluding carboxylic acids is 6. The monoisotopic (exact) mass is 1020 g/mol. The van der Waals surface area contributed by atoms with Crippen molar-refractivity contribution in [3.63, 3.8) is 0 Å². The van der Waals surface area contributed by atoms with Gasteiger partial charge in [-0.3, -0.25) is 29.0 Å². The number of hydrogen-bond acceptors (Lipinski definition) is 13. The van der Waals surface area contributed by atoms with Crippen LogP contribution in [0.2, 0.25) is 8.67 Å². The summed E-state index contributed by atoms with van der Waals surface area (Å²) in [7, 11) is 0. The number of nitrogens with zero attached hydrogens (tertiary/aromatic N) is 5. The standard InChI is InChI=1S/C23H26ClN3O5S.C18H25N3O4.C5H2Cl2OS/c1-23(2,3)27(21(29)18-8-9-19(24)33-18)13-17-12-26(22(30)32-17)16-6-4-15(5-7-16)25-10-11-31-14-20(25)28;1-18(2,3)19-10-15-11-21(17(23)25-15)14-6-4-13(5-7-14)20-8-9-24-12-16(20)22;6-4-2-1-3(9-4)5(7)8/h4-9,17H,10-14H2,1-3H3;4-7,15,19H,8-12H2,1-3H3;1-2H/t17-;15-;/m10./s1. The molecule has 1 N–H and O–H groups in total. The molecule has 5 amide bonds. The molecule has 4 aliphatic heterocycles. The molecule has 0 aliphatic carbocycles. The van der Waals surface area contributed by atoms with Gasteiger partial charge in [0.1, 0.15) is 25.4 Å². The van der Waals surface area contributed by atoms with E-state index in [-0.39, 0.29) is 55.2 Å². The molecule has 16 nitrogen and oxygen atoms in total. The lowest BCUT2D eigenvalue weighted by Crippen LogP contribution is -2.49. The molecule has 2 atom stereocenters. The number of cyclic esters (lactones) is 2. The van der Waals surface area contributed by atoms with Gasteiger partial charge in [-0.15, -0.1) is 22.7 Å². The number of amides is 5. The molecule has 4 aliphatic rings. The molecule has 360 valence electrons. The van der Waals surface area contributed by atoms with Crippen molar-refractivity contribution in [1.29, 1.82) is 0 Å². The van der Waals surface area contributed by atoms with Gasteiger partial charge in [-0.2, -0.15) is 0 Å². The summed E-state index contributed by atoms with van der Waals surface area (Å²) in [6, 6.07) is 21.3. The number of carbonyl (C=O) groups is 6. The number of hydrogen-bond donors (Lipinski definition) is 1. The van der Waals surface area contributed by atoms with Crippen molar-refractivity contribution in [2.45, 2.75) is 64.8 Å². The average Bonchev–Trinajstić information content (AvgIpc) is 4.09. The second-order valence-electron chi connectivity index (χ2n) is 17.7. The molecule has 0 unspecified atom stereocenters. The molecule has 4 fully saturated rings. The van der Waals surface area contributed by atoms with Crippen molar-refractivity contribution in [3.8, 4) is 0 Å². The van der Waals surface area contributed by atoms with Crippen molar-refractivity contribution < 1.29 is 47.7 Å². The summed E-state index contributed by atoms with van der Waals surface area (Å²) in [5.74, 6) is -0.282. The number of morpholine rings is 2. The zero-order valence-electron chi connectivity index (χ0n) is 37.9. The summed E-state index contributed by atoms with van der Waals surface area (Å²) in [4.78, 5) is 81.5. The van der Waals surface area contributed by atoms with E-state index in [0.29, 0.717) is 70.1 Å². The van der Waals surface area contributed by atoms with Crippen LogP contribution in [0.25, 0.3) is 0 Å². The maximum atomic E-state index is 13.1. The van der Waals surface area contributed by atoms with Gasteiger partial charge >= 0.3 is 12.2 Å². The number of nitrogens with one attached hydrogen (secondary N) is 1. The van der Waals surface area contributed by atoms with Crippen molar-refractivity contribution in [3.05, 3.63) is 91.2 Å². The van der Waals surface area contributed by atoms with Crippen molar-refractivity contribution in [1.82, 2.24) is 10.2 Å². The molecular weight excluding hydrogens is 967 g/mol. The van der Waals surface area contributed by atoms with Gasteiger partial charge in [-0.1, -0.05) is 23.2 Å². The fourth-order valence-corrected chi connectivity index (χ4v) is 9.19. The molecule has 0 bridgehead atoms. The molecule has 8 rings (SSSR count). The van der Waals surface area contributed by atoms with E-state index in [0.717, 1.165) is 17.1 Å². The molecule has 4 aromatic rings. The highest BCUT2D eigenvalue weighted by molar-refractivity contribution is 7.19. The molecule has 21 heteroatoms. The van der Waals surface area contributed by atoms with Crippen LogP contribution < -0.4 is 24.9 Å². The van der Waals surface area contributed by atoms with E-state index in [9.17, 15) is 28.8 Å². The Morgan fingerprint density at radius 3 is 1.43 bits per heavy atom. The number of thiophene rings is 2. The summed E-state index contributed by atoms with van der Waals surface area (Å²) in [5.41, 5.74) is 2.52. The molecule has 2 aromatic heterocycles. The first kappa shape index (κ1) is 51.6. The number of anilines is 4. The minimum Gasteiger partial charge on any atom is -0.443 e. The van der Waals surface area contributed by atoms with Gasteiger partial charge in [-0.05, 0) is 126 Å². The topological polar surface area (TPSA) is 168 Å². The molecule has 0 spiro atoms. The molecule has 0 radical (unpaired) electrons. The van der Waals surface area contributed by atoms with Gasteiger partial charge in [0.05, 0.1) is 51.3 Å². The first-order chi connectivity index (χ1) is 31.7. The molecule has 2 aromatic carbocycles. The Balaban J connectivity index is 0.000000191. The van der Waals surface area contributed by atoms with Gasteiger partial charge in [0.2, 0.25) is 0 Å².